The van der Waals surface area contributed by atoms with Gasteiger partial charge in [0.05, 0.1) is 25.5 Å². The zero-order valence-electron chi connectivity index (χ0n) is 11.2. The van der Waals surface area contributed by atoms with E-state index < -0.39 is 0 Å². The zero-order chi connectivity index (χ0) is 13.2. The molecule has 2 N–H and O–H groups in total. The Labute approximate surface area is 113 Å². The molecule has 1 aromatic carbocycles. The fourth-order valence-electron chi connectivity index (χ4n) is 2.90. The lowest BCUT2D eigenvalue weighted by molar-refractivity contribution is -0.0208. The first-order valence-corrected chi connectivity index (χ1v) is 6.81. The molecule has 2 aromatic rings. The van der Waals surface area contributed by atoms with Crippen molar-refractivity contribution in [2.75, 3.05) is 26.3 Å². The number of nitrogens with two attached hydrogens (primary N) is 1. The summed E-state index contributed by atoms with van der Waals surface area (Å²) in [4.78, 5) is 2.42. The maximum Gasteiger partial charge on any atom is 0.134 e. The van der Waals surface area contributed by atoms with Crippen LogP contribution in [0.15, 0.2) is 34.9 Å². The molecule has 0 saturated carbocycles. The zero-order valence-corrected chi connectivity index (χ0v) is 11.2. The molecule has 4 nitrogen and oxygen atoms in total. The molecule has 0 radical (unpaired) electrons. The molecule has 0 spiro atoms. The van der Waals surface area contributed by atoms with Gasteiger partial charge in [0, 0.05) is 30.1 Å². The van der Waals surface area contributed by atoms with Crippen LogP contribution in [0.2, 0.25) is 0 Å². The van der Waals surface area contributed by atoms with E-state index in [0.717, 1.165) is 30.7 Å². The molecule has 2 unspecified atom stereocenters. The SMILES string of the molecule is CC1COCCN1C(CN)c1coc2ccccc12. The minimum Gasteiger partial charge on any atom is -0.464 e. The van der Waals surface area contributed by atoms with Crippen molar-refractivity contribution in [2.45, 2.75) is 19.0 Å². The van der Waals surface area contributed by atoms with Crippen LogP contribution in [0.5, 0.6) is 0 Å². The van der Waals surface area contributed by atoms with E-state index in [-0.39, 0.29) is 6.04 Å². The van der Waals surface area contributed by atoms with Crippen LogP contribution < -0.4 is 5.73 Å². The van der Waals surface area contributed by atoms with Crippen molar-refractivity contribution < 1.29 is 9.15 Å². The van der Waals surface area contributed by atoms with Crippen LogP contribution in [0.4, 0.5) is 0 Å². The highest BCUT2D eigenvalue weighted by Crippen LogP contribution is 2.31. The number of morpholine rings is 1. The highest BCUT2D eigenvalue weighted by atomic mass is 16.5. The molecule has 3 rings (SSSR count). The van der Waals surface area contributed by atoms with E-state index in [2.05, 4.69) is 17.9 Å². The molecule has 0 aliphatic carbocycles. The van der Waals surface area contributed by atoms with Gasteiger partial charge in [-0.2, -0.15) is 0 Å². The van der Waals surface area contributed by atoms with Crippen LogP contribution in [-0.4, -0.2) is 37.2 Å². The first-order chi connectivity index (χ1) is 9.31. The van der Waals surface area contributed by atoms with Crippen molar-refractivity contribution in [1.82, 2.24) is 4.90 Å². The number of benzene rings is 1. The van der Waals surface area contributed by atoms with Crippen molar-refractivity contribution in [3.05, 3.63) is 36.1 Å². The quantitative estimate of drug-likeness (QED) is 0.918. The van der Waals surface area contributed by atoms with Gasteiger partial charge in [0.1, 0.15) is 5.58 Å². The van der Waals surface area contributed by atoms with Gasteiger partial charge in [0.25, 0.3) is 0 Å². The van der Waals surface area contributed by atoms with Crippen molar-refractivity contribution in [2.24, 2.45) is 5.73 Å². The Morgan fingerprint density at radius 1 is 1.42 bits per heavy atom. The molecule has 0 amide bonds. The summed E-state index contributed by atoms with van der Waals surface area (Å²) in [6, 6.07) is 8.71. The number of hydrogen-bond acceptors (Lipinski definition) is 4. The predicted molar refractivity (Wildman–Crippen MR) is 75.0 cm³/mol. The number of rotatable bonds is 3. The van der Waals surface area contributed by atoms with E-state index in [0.29, 0.717) is 12.6 Å². The van der Waals surface area contributed by atoms with Gasteiger partial charge in [-0.15, -0.1) is 0 Å². The molecule has 1 aliphatic heterocycles. The Bertz CT molecular complexity index is 552. The summed E-state index contributed by atoms with van der Waals surface area (Å²) in [6.45, 7) is 5.24. The van der Waals surface area contributed by atoms with Crippen LogP contribution in [0.3, 0.4) is 0 Å². The number of ether oxygens (including phenoxy) is 1. The lowest BCUT2D eigenvalue weighted by atomic mass is 10.0. The summed E-state index contributed by atoms with van der Waals surface area (Å²) in [5, 5.41) is 1.16. The molecule has 0 bridgehead atoms. The second-order valence-electron chi connectivity index (χ2n) is 5.10. The summed E-state index contributed by atoms with van der Waals surface area (Å²) >= 11 is 0. The third kappa shape index (κ3) is 2.27. The summed E-state index contributed by atoms with van der Waals surface area (Å²) in [7, 11) is 0. The smallest absolute Gasteiger partial charge is 0.134 e. The molecule has 4 heteroatoms. The average Bonchev–Trinajstić information content (AvgIpc) is 2.86. The molecule has 2 heterocycles. The molecule has 1 fully saturated rings. The third-order valence-corrected chi connectivity index (χ3v) is 3.91. The van der Waals surface area contributed by atoms with Gasteiger partial charge < -0.3 is 14.9 Å². The number of nitrogens with zero attached hydrogens (tertiary/aromatic N) is 1. The van der Waals surface area contributed by atoms with Gasteiger partial charge in [-0.3, -0.25) is 4.90 Å². The lowest BCUT2D eigenvalue weighted by Gasteiger charge is -2.38. The van der Waals surface area contributed by atoms with E-state index >= 15 is 0 Å². The highest BCUT2D eigenvalue weighted by molar-refractivity contribution is 5.81. The van der Waals surface area contributed by atoms with E-state index in [1.165, 1.54) is 5.56 Å². The standard InChI is InChI=1S/C15H20N2O2/c1-11-9-18-7-6-17(11)14(8-16)13-10-19-15-5-3-2-4-12(13)15/h2-5,10-11,14H,6-9,16H2,1H3. The van der Waals surface area contributed by atoms with E-state index in [1.54, 1.807) is 0 Å². The largest absolute Gasteiger partial charge is 0.464 e. The first kappa shape index (κ1) is 12.7. The second kappa shape index (κ2) is 5.33. The van der Waals surface area contributed by atoms with Gasteiger partial charge in [0.2, 0.25) is 0 Å². The summed E-state index contributed by atoms with van der Waals surface area (Å²) in [6.07, 6.45) is 1.85. The fourth-order valence-corrected chi connectivity index (χ4v) is 2.90. The number of hydrogen-bond donors (Lipinski definition) is 1. The molecule has 2 atom stereocenters. The van der Waals surface area contributed by atoms with Crippen molar-refractivity contribution >= 4 is 11.0 Å². The second-order valence-corrected chi connectivity index (χ2v) is 5.10. The van der Waals surface area contributed by atoms with E-state index in [9.17, 15) is 0 Å². The number of fused-ring (bicyclic) bond motifs is 1. The van der Waals surface area contributed by atoms with Gasteiger partial charge >= 0.3 is 0 Å². The maximum absolute atomic E-state index is 6.02. The summed E-state index contributed by atoms with van der Waals surface area (Å²) in [5.74, 6) is 0. The van der Waals surface area contributed by atoms with Crippen LogP contribution in [0, 0.1) is 0 Å². The van der Waals surface area contributed by atoms with Crippen LogP contribution in [-0.2, 0) is 4.74 Å². The highest BCUT2D eigenvalue weighted by Gasteiger charge is 2.28. The number of para-hydroxylation sites is 1. The predicted octanol–water partition coefficient (Wildman–Crippen LogP) is 2.15. The minimum atomic E-state index is 0.197. The average molecular weight is 260 g/mol. The third-order valence-electron chi connectivity index (χ3n) is 3.91. The van der Waals surface area contributed by atoms with E-state index in [1.807, 2.05) is 24.5 Å². The molecule has 1 saturated heterocycles. The normalized spacial score (nSPS) is 22.7. The number of furan rings is 1. The Kier molecular flexibility index (Phi) is 3.55. The first-order valence-electron chi connectivity index (χ1n) is 6.81. The Morgan fingerprint density at radius 2 is 2.26 bits per heavy atom. The van der Waals surface area contributed by atoms with Gasteiger partial charge in [0.15, 0.2) is 0 Å². The van der Waals surface area contributed by atoms with Gasteiger partial charge in [-0.25, -0.2) is 0 Å². The molecular formula is C15H20N2O2. The van der Waals surface area contributed by atoms with Gasteiger partial charge in [-0.1, -0.05) is 18.2 Å². The van der Waals surface area contributed by atoms with Crippen LogP contribution in [0.25, 0.3) is 11.0 Å². The maximum atomic E-state index is 6.02. The molecular weight excluding hydrogens is 240 g/mol. The van der Waals surface area contributed by atoms with Crippen LogP contribution >= 0.6 is 0 Å². The molecule has 1 aliphatic rings. The Hall–Kier alpha value is -1.36. The Morgan fingerprint density at radius 3 is 3.05 bits per heavy atom. The van der Waals surface area contributed by atoms with Crippen molar-refractivity contribution in [3.8, 4) is 0 Å². The van der Waals surface area contributed by atoms with Crippen molar-refractivity contribution in [1.29, 1.82) is 0 Å². The van der Waals surface area contributed by atoms with Crippen molar-refractivity contribution in [3.63, 3.8) is 0 Å². The molecule has 102 valence electrons. The fraction of sp³-hybridized carbons (Fsp3) is 0.467. The lowest BCUT2D eigenvalue weighted by Crippen LogP contribution is -2.47. The van der Waals surface area contributed by atoms with Gasteiger partial charge in [-0.05, 0) is 13.0 Å². The van der Waals surface area contributed by atoms with Crippen LogP contribution in [0.1, 0.15) is 18.5 Å². The summed E-state index contributed by atoms with van der Waals surface area (Å²) in [5.41, 5.74) is 8.14. The molecule has 19 heavy (non-hydrogen) atoms. The Balaban J connectivity index is 1.97. The molecule has 1 aromatic heterocycles. The summed E-state index contributed by atoms with van der Waals surface area (Å²) < 4.78 is 11.1. The minimum absolute atomic E-state index is 0.197. The van der Waals surface area contributed by atoms with E-state index in [4.69, 9.17) is 14.9 Å². The monoisotopic (exact) mass is 260 g/mol. The topological polar surface area (TPSA) is 51.6 Å².